The Bertz CT molecular complexity index is 388. The van der Waals surface area contributed by atoms with Gasteiger partial charge in [-0.2, -0.15) is 0 Å². The zero-order valence-electron chi connectivity index (χ0n) is 10.2. The van der Waals surface area contributed by atoms with Gasteiger partial charge in [0.25, 0.3) is 0 Å². The highest BCUT2D eigenvalue weighted by atomic mass is 16.5. The van der Waals surface area contributed by atoms with Crippen LogP contribution in [0.1, 0.15) is 18.1 Å². The van der Waals surface area contributed by atoms with Gasteiger partial charge < -0.3 is 10.5 Å². The number of hydrogen-bond acceptors (Lipinski definition) is 3. The molecule has 0 aliphatic heterocycles. The van der Waals surface area contributed by atoms with E-state index in [1.54, 1.807) is 6.92 Å². The lowest BCUT2D eigenvalue weighted by Gasteiger charge is -2.11. The Kier molecular flexibility index (Phi) is 5.43. The van der Waals surface area contributed by atoms with Crippen molar-refractivity contribution in [2.45, 2.75) is 25.8 Å². The van der Waals surface area contributed by atoms with E-state index in [2.05, 4.69) is 6.58 Å². The van der Waals surface area contributed by atoms with Crippen LogP contribution in [0.3, 0.4) is 0 Å². The molecule has 0 aliphatic rings. The maximum absolute atomic E-state index is 11.4. The fourth-order valence-corrected chi connectivity index (χ4v) is 1.64. The molecular weight excluding hydrogens is 214 g/mol. The van der Waals surface area contributed by atoms with E-state index in [1.807, 2.05) is 30.3 Å². The number of nitrogens with two attached hydrogens (primary N) is 1. The molecule has 0 amide bonds. The summed E-state index contributed by atoms with van der Waals surface area (Å²) in [6.07, 6.45) is 3.18. The van der Waals surface area contributed by atoms with Crippen LogP contribution in [0.15, 0.2) is 36.9 Å². The van der Waals surface area contributed by atoms with Gasteiger partial charge in [0.15, 0.2) is 0 Å². The molecule has 1 aromatic carbocycles. The third kappa shape index (κ3) is 4.41. The fraction of sp³-hybridized carbons (Fsp3) is 0.357. The minimum absolute atomic E-state index is 0.346. The van der Waals surface area contributed by atoms with Gasteiger partial charge in [-0.25, -0.2) is 0 Å². The lowest BCUT2D eigenvalue weighted by molar-refractivity contribution is -0.144. The highest BCUT2D eigenvalue weighted by Crippen LogP contribution is 2.09. The number of benzene rings is 1. The van der Waals surface area contributed by atoms with Crippen molar-refractivity contribution in [3.8, 4) is 0 Å². The van der Waals surface area contributed by atoms with Crippen molar-refractivity contribution in [2.24, 2.45) is 5.73 Å². The van der Waals surface area contributed by atoms with Crippen LogP contribution in [0, 0.1) is 0 Å². The molecule has 0 fully saturated rings. The molecule has 0 saturated heterocycles. The number of rotatable bonds is 6. The number of allylic oxidation sites excluding steroid dienone is 1. The lowest BCUT2D eigenvalue weighted by atomic mass is 10.0. The molecule has 0 unspecified atom stereocenters. The van der Waals surface area contributed by atoms with E-state index in [4.69, 9.17) is 10.5 Å². The smallest absolute Gasteiger partial charge is 0.323 e. The quantitative estimate of drug-likeness (QED) is 0.602. The second-order valence-electron chi connectivity index (χ2n) is 3.88. The fourth-order valence-electron chi connectivity index (χ4n) is 1.64. The molecule has 0 bridgehead atoms. The molecule has 2 N–H and O–H groups in total. The van der Waals surface area contributed by atoms with Crippen molar-refractivity contribution in [3.05, 3.63) is 48.0 Å². The van der Waals surface area contributed by atoms with E-state index in [0.717, 1.165) is 12.0 Å². The third-order valence-corrected chi connectivity index (χ3v) is 2.42. The summed E-state index contributed by atoms with van der Waals surface area (Å²) in [4.78, 5) is 11.4. The first-order valence-electron chi connectivity index (χ1n) is 5.78. The predicted molar refractivity (Wildman–Crippen MR) is 68.7 cm³/mol. The van der Waals surface area contributed by atoms with E-state index < -0.39 is 6.04 Å². The monoisotopic (exact) mass is 233 g/mol. The molecule has 1 atom stereocenters. The van der Waals surface area contributed by atoms with E-state index in [0.29, 0.717) is 13.0 Å². The van der Waals surface area contributed by atoms with Crippen molar-refractivity contribution in [1.82, 2.24) is 0 Å². The molecule has 0 aromatic heterocycles. The van der Waals surface area contributed by atoms with Gasteiger partial charge in [-0.3, -0.25) is 4.79 Å². The molecule has 92 valence electrons. The van der Waals surface area contributed by atoms with Crippen molar-refractivity contribution in [2.75, 3.05) is 6.61 Å². The molecule has 0 aliphatic carbocycles. The van der Waals surface area contributed by atoms with Crippen molar-refractivity contribution >= 4 is 5.97 Å². The van der Waals surface area contributed by atoms with E-state index in [9.17, 15) is 4.79 Å². The van der Waals surface area contributed by atoms with Gasteiger partial charge in [-0.1, -0.05) is 30.3 Å². The Morgan fingerprint density at radius 3 is 2.88 bits per heavy atom. The standard InChI is InChI=1S/C14H19NO2/c1-3-6-11-7-5-8-12(9-11)10-13(15)14(16)17-4-2/h3,5,7-9,13H,1,4,6,10,15H2,2H3/t13-/m0/s1. The van der Waals surface area contributed by atoms with E-state index in [1.165, 1.54) is 5.56 Å². The van der Waals surface area contributed by atoms with Crippen LogP contribution in [-0.2, 0) is 22.4 Å². The summed E-state index contributed by atoms with van der Waals surface area (Å²) in [5, 5.41) is 0. The average molecular weight is 233 g/mol. The summed E-state index contributed by atoms with van der Waals surface area (Å²) in [5.41, 5.74) is 7.99. The molecule has 0 spiro atoms. The average Bonchev–Trinajstić information content (AvgIpc) is 2.30. The number of carbonyl (C=O) groups is 1. The predicted octanol–water partition coefficient (Wildman–Crippen LogP) is 1.85. The van der Waals surface area contributed by atoms with Crippen LogP contribution in [0.2, 0.25) is 0 Å². The van der Waals surface area contributed by atoms with Crippen LogP contribution in [0.25, 0.3) is 0 Å². The largest absolute Gasteiger partial charge is 0.465 e. The van der Waals surface area contributed by atoms with E-state index >= 15 is 0 Å². The first kappa shape index (κ1) is 13.5. The molecule has 3 nitrogen and oxygen atoms in total. The first-order chi connectivity index (χ1) is 8.17. The molecule has 3 heteroatoms. The summed E-state index contributed by atoms with van der Waals surface area (Å²) in [7, 11) is 0. The molecule has 1 rings (SSSR count). The van der Waals surface area contributed by atoms with Gasteiger partial charge in [0.2, 0.25) is 0 Å². The summed E-state index contributed by atoms with van der Waals surface area (Å²) in [5.74, 6) is -0.346. The second-order valence-corrected chi connectivity index (χ2v) is 3.88. The zero-order valence-corrected chi connectivity index (χ0v) is 10.2. The van der Waals surface area contributed by atoms with Crippen LogP contribution in [-0.4, -0.2) is 18.6 Å². The summed E-state index contributed by atoms with van der Waals surface area (Å²) < 4.78 is 4.87. The van der Waals surface area contributed by atoms with Gasteiger partial charge in [0.1, 0.15) is 6.04 Å². The summed E-state index contributed by atoms with van der Waals surface area (Å²) in [6, 6.07) is 7.41. The van der Waals surface area contributed by atoms with Gasteiger partial charge in [0.05, 0.1) is 6.61 Å². The number of ether oxygens (including phenoxy) is 1. The Morgan fingerprint density at radius 2 is 2.24 bits per heavy atom. The first-order valence-corrected chi connectivity index (χ1v) is 5.78. The maximum atomic E-state index is 11.4. The SMILES string of the molecule is C=CCc1cccc(C[C@H](N)C(=O)OCC)c1. The highest BCUT2D eigenvalue weighted by molar-refractivity contribution is 5.75. The van der Waals surface area contributed by atoms with Crippen molar-refractivity contribution in [1.29, 1.82) is 0 Å². The molecule has 0 heterocycles. The Balaban J connectivity index is 2.64. The van der Waals surface area contributed by atoms with Gasteiger partial charge in [0, 0.05) is 0 Å². The van der Waals surface area contributed by atoms with Crippen molar-refractivity contribution in [3.63, 3.8) is 0 Å². The molecule has 0 saturated carbocycles. The number of esters is 1. The van der Waals surface area contributed by atoms with Crippen molar-refractivity contribution < 1.29 is 9.53 Å². The zero-order chi connectivity index (χ0) is 12.7. The Hall–Kier alpha value is -1.61. The summed E-state index contributed by atoms with van der Waals surface area (Å²) in [6.45, 7) is 5.84. The van der Waals surface area contributed by atoms with Gasteiger partial charge in [-0.15, -0.1) is 6.58 Å². The van der Waals surface area contributed by atoms with Crippen LogP contribution >= 0.6 is 0 Å². The molecule has 17 heavy (non-hydrogen) atoms. The van der Waals surface area contributed by atoms with Gasteiger partial charge >= 0.3 is 5.97 Å². The summed E-state index contributed by atoms with van der Waals surface area (Å²) >= 11 is 0. The molecule has 0 radical (unpaired) electrons. The highest BCUT2D eigenvalue weighted by Gasteiger charge is 2.14. The molecule has 1 aromatic rings. The minimum atomic E-state index is -0.589. The Morgan fingerprint density at radius 1 is 1.53 bits per heavy atom. The van der Waals surface area contributed by atoms with Crippen LogP contribution in [0.5, 0.6) is 0 Å². The Labute approximate surface area is 102 Å². The normalized spacial score (nSPS) is 11.9. The second kappa shape index (κ2) is 6.86. The number of hydrogen-bond donors (Lipinski definition) is 1. The molecular formula is C14H19NO2. The topological polar surface area (TPSA) is 52.3 Å². The lowest BCUT2D eigenvalue weighted by Crippen LogP contribution is -2.34. The van der Waals surface area contributed by atoms with E-state index in [-0.39, 0.29) is 5.97 Å². The minimum Gasteiger partial charge on any atom is -0.465 e. The maximum Gasteiger partial charge on any atom is 0.323 e. The van der Waals surface area contributed by atoms with Crippen LogP contribution < -0.4 is 5.73 Å². The van der Waals surface area contributed by atoms with Crippen LogP contribution in [0.4, 0.5) is 0 Å². The van der Waals surface area contributed by atoms with Gasteiger partial charge in [-0.05, 0) is 30.9 Å². The number of carbonyl (C=O) groups excluding carboxylic acids is 1. The third-order valence-electron chi connectivity index (χ3n) is 2.42.